The van der Waals surface area contributed by atoms with Crippen LogP contribution in [0.25, 0.3) is 12.2 Å². The van der Waals surface area contributed by atoms with Gasteiger partial charge in [-0.25, -0.2) is 0 Å². The fraction of sp³-hybridized carbons (Fsp3) is 0.0800. The normalized spacial score (nSPS) is 10.7. The van der Waals surface area contributed by atoms with E-state index in [1.165, 1.54) is 5.56 Å². The highest BCUT2D eigenvalue weighted by atomic mass is 16.5. The number of ether oxygens (including phenoxy) is 1. The third kappa shape index (κ3) is 5.55. The molecule has 0 unspecified atom stereocenters. The predicted molar refractivity (Wildman–Crippen MR) is 112 cm³/mol. The van der Waals surface area contributed by atoms with E-state index < -0.39 is 0 Å². The molecule has 2 heteroatoms. The molecule has 0 aliphatic rings. The number of ketones is 1. The van der Waals surface area contributed by atoms with Gasteiger partial charge in [-0.15, -0.1) is 0 Å². The van der Waals surface area contributed by atoms with E-state index in [1.54, 1.807) is 6.08 Å². The Hall–Kier alpha value is -3.39. The highest BCUT2D eigenvalue weighted by Gasteiger charge is 2.00. The fourth-order valence-electron chi connectivity index (χ4n) is 2.65. The van der Waals surface area contributed by atoms with Gasteiger partial charge in [0.05, 0.1) is 6.61 Å². The van der Waals surface area contributed by atoms with E-state index in [-0.39, 0.29) is 5.78 Å². The van der Waals surface area contributed by atoms with Gasteiger partial charge >= 0.3 is 0 Å². The fourth-order valence-corrected chi connectivity index (χ4v) is 2.65. The van der Waals surface area contributed by atoms with Crippen LogP contribution in [-0.2, 0) is 6.42 Å². The van der Waals surface area contributed by atoms with Gasteiger partial charge in [0.1, 0.15) is 5.75 Å². The molecule has 0 atom stereocenters. The third-order valence-corrected chi connectivity index (χ3v) is 4.24. The summed E-state index contributed by atoms with van der Waals surface area (Å²) in [6.45, 7) is 4.36. The number of rotatable bonds is 8. The van der Waals surface area contributed by atoms with E-state index in [0.29, 0.717) is 12.2 Å². The quantitative estimate of drug-likeness (QED) is 0.375. The molecular formula is C25H22O2. The maximum Gasteiger partial charge on any atom is 0.185 e. The van der Waals surface area contributed by atoms with Crippen LogP contribution in [0, 0.1) is 0 Å². The SMILES string of the molecule is C=Cc1ccc(OCCc2ccc(C=CC(=O)c3ccccc3)cc2)cc1. The molecule has 0 radical (unpaired) electrons. The lowest BCUT2D eigenvalue weighted by Gasteiger charge is -2.07. The van der Waals surface area contributed by atoms with Gasteiger partial charge in [-0.2, -0.15) is 0 Å². The topological polar surface area (TPSA) is 26.3 Å². The Kier molecular flexibility index (Phi) is 6.37. The predicted octanol–water partition coefficient (Wildman–Crippen LogP) is 5.85. The van der Waals surface area contributed by atoms with Crippen molar-refractivity contribution in [1.29, 1.82) is 0 Å². The standard InChI is InChI=1S/C25H22O2/c1-2-20-12-15-24(16-13-20)27-19-18-22-10-8-21(9-11-22)14-17-25(26)23-6-4-3-5-7-23/h2-17H,1,18-19H2. The highest BCUT2D eigenvalue weighted by Crippen LogP contribution is 2.14. The second-order valence-corrected chi connectivity index (χ2v) is 6.18. The lowest BCUT2D eigenvalue weighted by atomic mass is 10.1. The van der Waals surface area contributed by atoms with E-state index >= 15 is 0 Å². The first-order chi connectivity index (χ1) is 13.2. The zero-order chi connectivity index (χ0) is 18.9. The van der Waals surface area contributed by atoms with Crippen molar-refractivity contribution in [1.82, 2.24) is 0 Å². The van der Waals surface area contributed by atoms with Crippen LogP contribution in [0.3, 0.4) is 0 Å². The highest BCUT2D eigenvalue weighted by molar-refractivity contribution is 6.06. The van der Waals surface area contributed by atoms with Gasteiger partial charge in [-0.3, -0.25) is 4.79 Å². The number of benzene rings is 3. The summed E-state index contributed by atoms with van der Waals surface area (Å²) in [5.41, 5.74) is 3.98. The average Bonchev–Trinajstić information content (AvgIpc) is 2.74. The summed E-state index contributed by atoms with van der Waals surface area (Å²) in [6.07, 6.45) is 6.10. The van der Waals surface area contributed by atoms with Crippen molar-refractivity contribution in [2.24, 2.45) is 0 Å². The molecule has 0 spiro atoms. The van der Waals surface area contributed by atoms with E-state index in [1.807, 2.05) is 78.9 Å². The van der Waals surface area contributed by atoms with Crippen molar-refractivity contribution in [3.8, 4) is 5.75 Å². The Morgan fingerprint density at radius 2 is 1.52 bits per heavy atom. The van der Waals surface area contributed by atoms with Gasteiger partial charge in [0.15, 0.2) is 5.78 Å². The van der Waals surface area contributed by atoms with Gasteiger partial charge in [-0.05, 0) is 34.9 Å². The summed E-state index contributed by atoms with van der Waals surface area (Å²) in [5, 5.41) is 0. The van der Waals surface area contributed by atoms with Crippen LogP contribution in [0.4, 0.5) is 0 Å². The van der Waals surface area contributed by atoms with Crippen LogP contribution in [0.15, 0.2) is 91.5 Å². The summed E-state index contributed by atoms with van der Waals surface area (Å²) < 4.78 is 5.77. The molecule has 0 aliphatic heterocycles. The summed E-state index contributed by atoms with van der Waals surface area (Å²) in [5.74, 6) is 0.870. The maximum absolute atomic E-state index is 12.1. The van der Waals surface area contributed by atoms with Crippen LogP contribution in [0.1, 0.15) is 27.0 Å². The molecular weight excluding hydrogens is 332 g/mol. The number of allylic oxidation sites excluding steroid dienone is 1. The Bertz CT molecular complexity index is 905. The molecule has 0 N–H and O–H groups in total. The van der Waals surface area contributed by atoms with Gasteiger partial charge in [-0.1, -0.05) is 85.5 Å². The zero-order valence-corrected chi connectivity index (χ0v) is 15.2. The van der Waals surface area contributed by atoms with Crippen molar-refractivity contribution in [2.75, 3.05) is 6.61 Å². The van der Waals surface area contributed by atoms with Gasteiger partial charge < -0.3 is 4.74 Å². The molecule has 3 rings (SSSR count). The second kappa shape index (κ2) is 9.35. The monoisotopic (exact) mass is 354 g/mol. The minimum Gasteiger partial charge on any atom is -0.493 e. The van der Waals surface area contributed by atoms with Crippen LogP contribution in [0.2, 0.25) is 0 Å². The molecule has 0 amide bonds. The van der Waals surface area contributed by atoms with E-state index in [2.05, 4.69) is 18.7 Å². The Balaban J connectivity index is 1.50. The molecule has 0 bridgehead atoms. The van der Waals surface area contributed by atoms with Gasteiger partial charge in [0, 0.05) is 12.0 Å². The molecule has 0 saturated carbocycles. The molecule has 134 valence electrons. The first kappa shape index (κ1) is 18.4. The Labute approximate surface area is 160 Å². The summed E-state index contributed by atoms with van der Waals surface area (Å²) in [6, 6.07) is 25.3. The van der Waals surface area contributed by atoms with E-state index in [4.69, 9.17) is 4.74 Å². The third-order valence-electron chi connectivity index (χ3n) is 4.24. The van der Waals surface area contributed by atoms with Gasteiger partial charge in [0.2, 0.25) is 0 Å². The maximum atomic E-state index is 12.1. The largest absolute Gasteiger partial charge is 0.493 e. The summed E-state index contributed by atoms with van der Waals surface area (Å²) in [4.78, 5) is 12.1. The zero-order valence-electron chi connectivity index (χ0n) is 15.2. The lowest BCUT2D eigenvalue weighted by molar-refractivity contribution is 0.104. The van der Waals surface area contributed by atoms with Crippen molar-refractivity contribution < 1.29 is 9.53 Å². The molecule has 0 fully saturated rings. The van der Waals surface area contributed by atoms with Crippen LogP contribution >= 0.6 is 0 Å². The van der Waals surface area contributed by atoms with Crippen molar-refractivity contribution in [2.45, 2.75) is 6.42 Å². The van der Waals surface area contributed by atoms with Crippen LogP contribution < -0.4 is 4.74 Å². The van der Waals surface area contributed by atoms with Crippen molar-refractivity contribution in [3.05, 3.63) is 114 Å². The first-order valence-corrected chi connectivity index (χ1v) is 8.96. The number of hydrogen-bond acceptors (Lipinski definition) is 2. The van der Waals surface area contributed by atoms with E-state index in [9.17, 15) is 4.79 Å². The van der Waals surface area contributed by atoms with E-state index in [0.717, 1.165) is 23.3 Å². The van der Waals surface area contributed by atoms with Crippen LogP contribution in [-0.4, -0.2) is 12.4 Å². The molecule has 0 heterocycles. The number of carbonyl (C=O) groups is 1. The Morgan fingerprint density at radius 1 is 0.852 bits per heavy atom. The number of hydrogen-bond donors (Lipinski definition) is 0. The molecule has 3 aromatic rings. The summed E-state index contributed by atoms with van der Waals surface area (Å²) in [7, 11) is 0. The summed E-state index contributed by atoms with van der Waals surface area (Å²) >= 11 is 0. The average molecular weight is 354 g/mol. The molecule has 3 aromatic carbocycles. The van der Waals surface area contributed by atoms with Crippen LogP contribution in [0.5, 0.6) is 5.75 Å². The lowest BCUT2D eigenvalue weighted by Crippen LogP contribution is -2.01. The first-order valence-electron chi connectivity index (χ1n) is 8.96. The molecule has 2 nitrogen and oxygen atoms in total. The van der Waals surface area contributed by atoms with Gasteiger partial charge in [0.25, 0.3) is 0 Å². The molecule has 0 aliphatic carbocycles. The smallest absolute Gasteiger partial charge is 0.185 e. The molecule has 27 heavy (non-hydrogen) atoms. The minimum atomic E-state index is 0.00977. The minimum absolute atomic E-state index is 0.00977. The Morgan fingerprint density at radius 3 is 2.19 bits per heavy atom. The number of carbonyl (C=O) groups excluding carboxylic acids is 1. The molecule has 0 aromatic heterocycles. The molecule has 0 saturated heterocycles. The van der Waals surface area contributed by atoms with Crippen molar-refractivity contribution >= 4 is 17.9 Å². The second-order valence-electron chi connectivity index (χ2n) is 6.18. The van der Waals surface area contributed by atoms with Crippen molar-refractivity contribution in [3.63, 3.8) is 0 Å².